The minimum Gasteiger partial charge on any atom is -0.481 e. The van der Waals surface area contributed by atoms with Crippen molar-refractivity contribution in [2.45, 2.75) is 49.8 Å². The molecule has 2 fully saturated rings. The van der Waals surface area contributed by atoms with Gasteiger partial charge in [-0.2, -0.15) is 11.8 Å². The van der Waals surface area contributed by atoms with Crippen molar-refractivity contribution in [3.8, 4) is 0 Å². The molecule has 0 saturated carbocycles. The molecule has 0 aliphatic carbocycles. The molecule has 3 unspecified atom stereocenters. The smallest absolute Gasteiger partial charge is 0.305 e. The van der Waals surface area contributed by atoms with Crippen LogP contribution in [-0.4, -0.2) is 99.3 Å². The first-order valence-electron chi connectivity index (χ1n) is 11.8. The van der Waals surface area contributed by atoms with E-state index in [2.05, 4.69) is 10.6 Å². The van der Waals surface area contributed by atoms with Gasteiger partial charge in [-0.3, -0.25) is 14.4 Å². The highest BCUT2D eigenvalue weighted by molar-refractivity contribution is 8.00. The van der Waals surface area contributed by atoms with Gasteiger partial charge in [0.05, 0.1) is 59.3 Å². The van der Waals surface area contributed by atoms with Crippen molar-refractivity contribution in [2.75, 3.05) is 65.2 Å². The Kier molecular flexibility index (Phi) is 14.4. The van der Waals surface area contributed by atoms with Crippen molar-refractivity contribution < 1.29 is 38.4 Å². The average molecular weight is 491 g/mol. The number of carbonyl (C=O) groups is 3. The van der Waals surface area contributed by atoms with Crippen molar-refractivity contribution in [1.82, 2.24) is 10.6 Å². The highest BCUT2D eigenvalue weighted by atomic mass is 32.2. The second-order valence-corrected chi connectivity index (χ2v) is 9.37. The van der Waals surface area contributed by atoms with Gasteiger partial charge in [0.2, 0.25) is 11.8 Å². The molecule has 2 heterocycles. The molecule has 0 aromatic rings. The third kappa shape index (κ3) is 12.6. The Balaban J connectivity index is 1.28. The van der Waals surface area contributed by atoms with E-state index in [9.17, 15) is 14.4 Å². The van der Waals surface area contributed by atoms with Crippen LogP contribution < -0.4 is 10.6 Å². The second-order valence-electron chi connectivity index (χ2n) is 8.10. The lowest BCUT2D eigenvalue weighted by Crippen LogP contribution is -2.29. The summed E-state index contributed by atoms with van der Waals surface area (Å²) >= 11 is 1.96. The third-order valence-electron chi connectivity index (χ3n) is 5.54. The Hall–Kier alpha value is -1.40. The van der Waals surface area contributed by atoms with Gasteiger partial charge in [0.15, 0.2) is 0 Å². The summed E-state index contributed by atoms with van der Waals surface area (Å²) in [5.41, 5.74) is 0. The maximum absolute atomic E-state index is 11.9. The summed E-state index contributed by atoms with van der Waals surface area (Å²) in [7, 11) is 0. The molecular weight excluding hydrogens is 452 g/mol. The van der Waals surface area contributed by atoms with Gasteiger partial charge in [0.1, 0.15) is 0 Å². The van der Waals surface area contributed by atoms with Crippen molar-refractivity contribution >= 4 is 29.5 Å². The first kappa shape index (κ1) is 27.8. The van der Waals surface area contributed by atoms with E-state index in [1.165, 1.54) is 0 Å². The predicted molar refractivity (Wildman–Crippen MR) is 123 cm³/mol. The zero-order chi connectivity index (χ0) is 23.7. The SMILES string of the molecule is O=C(O)CCOCCOCCOCCOCCNC(=O)CCCCC1SCC2NC(=O)CC21. The second kappa shape index (κ2) is 17.1. The summed E-state index contributed by atoms with van der Waals surface area (Å²) in [5.74, 6) is 0.855. The Labute approximate surface area is 199 Å². The fourth-order valence-corrected chi connectivity index (χ4v) is 5.49. The van der Waals surface area contributed by atoms with Crippen LogP contribution in [0.15, 0.2) is 0 Å². The average Bonchev–Trinajstić information content (AvgIpc) is 3.33. The van der Waals surface area contributed by atoms with Crippen LogP contribution >= 0.6 is 11.8 Å². The first-order valence-corrected chi connectivity index (χ1v) is 12.8. The van der Waals surface area contributed by atoms with Crippen LogP contribution in [0.2, 0.25) is 0 Å². The third-order valence-corrected chi connectivity index (χ3v) is 7.10. The fourth-order valence-electron chi connectivity index (χ4n) is 3.84. The molecule has 190 valence electrons. The van der Waals surface area contributed by atoms with Crippen molar-refractivity contribution in [3.05, 3.63) is 0 Å². The van der Waals surface area contributed by atoms with Crippen LogP contribution in [0.25, 0.3) is 0 Å². The molecule has 0 bridgehead atoms. The molecule has 33 heavy (non-hydrogen) atoms. The number of aliphatic carboxylic acids is 1. The van der Waals surface area contributed by atoms with E-state index in [0.29, 0.717) is 82.8 Å². The van der Waals surface area contributed by atoms with Gasteiger partial charge < -0.3 is 34.7 Å². The van der Waals surface area contributed by atoms with E-state index in [1.54, 1.807) is 0 Å². The van der Waals surface area contributed by atoms with E-state index < -0.39 is 5.97 Å². The monoisotopic (exact) mass is 490 g/mol. The number of carbonyl (C=O) groups excluding carboxylic acids is 2. The highest BCUT2D eigenvalue weighted by Crippen LogP contribution is 2.40. The molecule has 2 aliphatic rings. The molecule has 0 aromatic heterocycles. The van der Waals surface area contributed by atoms with E-state index in [0.717, 1.165) is 25.0 Å². The van der Waals surface area contributed by atoms with Crippen LogP contribution in [-0.2, 0) is 33.3 Å². The van der Waals surface area contributed by atoms with Gasteiger partial charge in [-0.25, -0.2) is 0 Å². The molecule has 2 rings (SSSR count). The summed E-state index contributed by atoms with van der Waals surface area (Å²) in [6.45, 7) is 3.68. The largest absolute Gasteiger partial charge is 0.481 e. The maximum atomic E-state index is 11.9. The quantitative estimate of drug-likeness (QED) is 0.212. The van der Waals surface area contributed by atoms with E-state index in [1.807, 2.05) is 11.8 Å². The number of amides is 2. The lowest BCUT2D eigenvalue weighted by Gasteiger charge is -2.15. The molecule has 3 N–H and O–H groups in total. The molecule has 3 atom stereocenters. The number of hydrogen-bond donors (Lipinski definition) is 3. The summed E-state index contributed by atoms with van der Waals surface area (Å²) < 4.78 is 21.2. The number of fused-ring (bicyclic) bond motifs is 1. The Morgan fingerprint density at radius 1 is 0.939 bits per heavy atom. The zero-order valence-electron chi connectivity index (χ0n) is 19.3. The van der Waals surface area contributed by atoms with Gasteiger partial charge in [-0.1, -0.05) is 6.42 Å². The minimum atomic E-state index is -0.876. The van der Waals surface area contributed by atoms with Crippen LogP contribution in [0.3, 0.4) is 0 Å². The van der Waals surface area contributed by atoms with Crippen LogP contribution in [0.5, 0.6) is 0 Å². The molecule has 2 aliphatic heterocycles. The normalized spacial score (nSPS) is 21.7. The molecule has 0 aromatic carbocycles. The summed E-state index contributed by atoms with van der Waals surface area (Å²) in [6.07, 6.45) is 4.13. The van der Waals surface area contributed by atoms with Crippen molar-refractivity contribution in [3.63, 3.8) is 0 Å². The van der Waals surface area contributed by atoms with Crippen LogP contribution in [0, 0.1) is 5.92 Å². The van der Waals surface area contributed by atoms with Gasteiger partial charge in [-0.05, 0) is 12.8 Å². The zero-order valence-corrected chi connectivity index (χ0v) is 20.1. The van der Waals surface area contributed by atoms with Crippen molar-refractivity contribution in [2.24, 2.45) is 5.92 Å². The van der Waals surface area contributed by atoms with Gasteiger partial charge in [-0.15, -0.1) is 0 Å². The summed E-state index contributed by atoms with van der Waals surface area (Å²) in [6, 6.07) is 0.359. The van der Waals surface area contributed by atoms with E-state index in [-0.39, 0.29) is 24.8 Å². The molecule has 10 nitrogen and oxygen atoms in total. The molecular formula is C22H38N2O8S. The summed E-state index contributed by atoms with van der Waals surface area (Å²) in [5, 5.41) is 14.9. The standard InChI is InChI=1S/C22H38N2O8S/c25-20(4-2-1-3-19-17-15-21(26)24-18(17)16-33-19)23-6-8-30-10-12-32-14-13-31-11-9-29-7-5-22(27)28/h17-19H,1-16H2,(H,23,25)(H,24,26)(H,27,28). The number of hydrogen-bond acceptors (Lipinski definition) is 8. The lowest BCUT2D eigenvalue weighted by atomic mass is 9.94. The number of carboxylic acids is 1. The van der Waals surface area contributed by atoms with Crippen molar-refractivity contribution in [1.29, 1.82) is 0 Å². The van der Waals surface area contributed by atoms with E-state index in [4.69, 9.17) is 24.1 Å². The first-order chi connectivity index (χ1) is 16.1. The topological polar surface area (TPSA) is 132 Å². The molecule has 2 saturated heterocycles. The van der Waals surface area contributed by atoms with Crippen LogP contribution in [0.4, 0.5) is 0 Å². The Morgan fingerprint density at radius 3 is 2.24 bits per heavy atom. The predicted octanol–water partition coefficient (Wildman–Crippen LogP) is 0.824. The van der Waals surface area contributed by atoms with Gasteiger partial charge in [0.25, 0.3) is 0 Å². The lowest BCUT2D eigenvalue weighted by molar-refractivity contribution is -0.138. The Morgan fingerprint density at radius 2 is 1.58 bits per heavy atom. The van der Waals surface area contributed by atoms with Gasteiger partial charge >= 0.3 is 5.97 Å². The number of carboxylic acid groups (broad SMARTS) is 1. The molecule has 0 radical (unpaired) electrons. The van der Waals surface area contributed by atoms with Gasteiger partial charge in [0, 0.05) is 42.3 Å². The number of unbranched alkanes of at least 4 members (excludes halogenated alkanes) is 1. The number of rotatable bonds is 20. The highest BCUT2D eigenvalue weighted by Gasteiger charge is 2.42. The number of thioether (sulfide) groups is 1. The molecule has 2 amide bonds. The number of ether oxygens (including phenoxy) is 4. The molecule has 11 heteroatoms. The Bertz CT molecular complexity index is 595. The van der Waals surface area contributed by atoms with Crippen LogP contribution in [0.1, 0.15) is 38.5 Å². The summed E-state index contributed by atoms with van der Waals surface area (Å²) in [4.78, 5) is 33.7. The van der Waals surface area contributed by atoms with E-state index >= 15 is 0 Å². The minimum absolute atomic E-state index is 0.00374. The fraction of sp³-hybridized carbons (Fsp3) is 0.864. The molecule has 0 spiro atoms. The number of nitrogens with one attached hydrogen (secondary N) is 2. The maximum Gasteiger partial charge on any atom is 0.305 e.